The zero-order valence-electron chi connectivity index (χ0n) is 17.3. The van der Waals surface area contributed by atoms with E-state index in [1.165, 1.54) is 18.2 Å². The van der Waals surface area contributed by atoms with Crippen LogP contribution < -0.4 is 4.74 Å². The number of ether oxygens (including phenoxy) is 2. The van der Waals surface area contributed by atoms with Gasteiger partial charge in [-0.1, -0.05) is 48.8 Å². The van der Waals surface area contributed by atoms with Crippen LogP contribution in [0.25, 0.3) is 0 Å². The lowest BCUT2D eigenvalue weighted by Crippen LogP contribution is -2.35. The maximum Gasteiger partial charge on any atom is 0.167 e. The van der Waals surface area contributed by atoms with Gasteiger partial charge in [-0.2, -0.15) is 0 Å². The standard InChI is InChI=1S/C25H22Cl2FNO3.CH4/c26-21-7-4-19(15-22(21)27)24(30)14-18-3-8-25(23(28)13-18)32-20-5-1-17(2-6-20)16-29-9-11-31-12-10-29;/h1-8,13,15H,9-12,14,16H2;1H4. The van der Waals surface area contributed by atoms with E-state index in [4.69, 9.17) is 32.7 Å². The molecule has 174 valence electrons. The number of nitrogens with zero attached hydrogens (tertiary/aromatic N) is 1. The van der Waals surface area contributed by atoms with Crippen molar-refractivity contribution < 1.29 is 18.7 Å². The summed E-state index contributed by atoms with van der Waals surface area (Å²) < 4.78 is 25.7. The molecular formula is C26H26Cl2FNO3. The summed E-state index contributed by atoms with van der Waals surface area (Å²) in [4.78, 5) is 14.8. The van der Waals surface area contributed by atoms with Crippen LogP contribution in [0.2, 0.25) is 10.0 Å². The Kier molecular flexibility index (Phi) is 8.87. The molecule has 4 rings (SSSR count). The van der Waals surface area contributed by atoms with Crippen molar-refractivity contribution in [1.29, 1.82) is 0 Å². The van der Waals surface area contributed by atoms with Crippen molar-refractivity contribution in [2.45, 2.75) is 20.4 Å². The van der Waals surface area contributed by atoms with Crippen LogP contribution in [-0.4, -0.2) is 37.0 Å². The second kappa shape index (κ2) is 11.6. The highest BCUT2D eigenvalue weighted by Crippen LogP contribution is 2.27. The predicted molar refractivity (Wildman–Crippen MR) is 130 cm³/mol. The summed E-state index contributed by atoms with van der Waals surface area (Å²) in [6, 6.07) is 16.8. The van der Waals surface area contributed by atoms with E-state index in [-0.39, 0.29) is 25.4 Å². The van der Waals surface area contributed by atoms with Gasteiger partial charge in [0.2, 0.25) is 0 Å². The minimum atomic E-state index is -0.526. The first-order chi connectivity index (χ1) is 15.5. The molecule has 0 N–H and O–H groups in total. The number of Topliss-reactive ketones (excluding diaryl/α,β-unsaturated/α-hetero) is 1. The Morgan fingerprint density at radius 2 is 1.64 bits per heavy atom. The first-order valence-electron chi connectivity index (χ1n) is 10.3. The monoisotopic (exact) mass is 489 g/mol. The molecule has 1 saturated heterocycles. The van der Waals surface area contributed by atoms with Gasteiger partial charge in [0.25, 0.3) is 0 Å². The predicted octanol–water partition coefficient (Wildman–Crippen LogP) is 6.82. The van der Waals surface area contributed by atoms with E-state index in [9.17, 15) is 9.18 Å². The number of ketones is 1. The van der Waals surface area contributed by atoms with Crippen molar-refractivity contribution >= 4 is 29.0 Å². The number of morpholine rings is 1. The molecule has 0 aliphatic carbocycles. The number of benzene rings is 3. The number of hydrogen-bond acceptors (Lipinski definition) is 4. The molecule has 0 amide bonds. The molecule has 1 fully saturated rings. The normalized spacial score (nSPS) is 13.9. The van der Waals surface area contributed by atoms with E-state index in [2.05, 4.69) is 4.90 Å². The second-order valence-electron chi connectivity index (χ2n) is 7.63. The SMILES string of the molecule is C.O=C(Cc1ccc(Oc2ccc(CN3CCOCC3)cc2)c(F)c1)c1ccc(Cl)c(Cl)c1. The minimum Gasteiger partial charge on any atom is -0.454 e. The second-order valence-corrected chi connectivity index (χ2v) is 8.44. The van der Waals surface area contributed by atoms with E-state index < -0.39 is 5.82 Å². The molecule has 1 aliphatic rings. The molecule has 7 heteroatoms. The van der Waals surface area contributed by atoms with Crippen LogP contribution in [0.3, 0.4) is 0 Å². The van der Waals surface area contributed by atoms with E-state index in [0.717, 1.165) is 38.4 Å². The van der Waals surface area contributed by atoms with Crippen molar-refractivity contribution in [2.24, 2.45) is 0 Å². The smallest absolute Gasteiger partial charge is 0.167 e. The van der Waals surface area contributed by atoms with Crippen molar-refractivity contribution in [3.63, 3.8) is 0 Å². The molecule has 0 bridgehead atoms. The van der Waals surface area contributed by atoms with E-state index in [1.807, 2.05) is 24.3 Å². The zero-order chi connectivity index (χ0) is 22.5. The van der Waals surface area contributed by atoms with Gasteiger partial charge < -0.3 is 9.47 Å². The summed E-state index contributed by atoms with van der Waals surface area (Å²) in [5.41, 5.74) is 2.14. The molecule has 1 aliphatic heterocycles. The molecule has 0 saturated carbocycles. The van der Waals surface area contributed by atoms with Gasteiger partial charge in [-0.15, -0.1) is 0 Å². The maximum atomic E-state index is 14.6. The molecule has 4 nitrogen and oxygen atoms in total. The largest absolute Gasteiger partial charge is 0.454 e. The number of carbonyl (C=O) groups is 1. The lowest BCUT2D eigenvalue weighted by molar-refractivity contribution is 0.0342. The van der Waals surface area contributed by atoms with Crippen LogP contribution in [0.1, 0.15) is 28.9 Å². The number of rotatable bonds is 7. The Balaban J connectivity index is 0.00000306. The van der Waals surface area contributed by atoms with Crippen molar-refractivity contribution in [1.82, 2.24) is 4.90 Å². The Bertz CT molecular complexity index is 1100. The van der Waals surface area contributed by atoms with Gasteiger partial charge in [0.05, 0.1) is 23.3 Å². The van der Waals surface area contributed by atoms with Gasteiger partial charge in [-0.3, -0.25) is 9.69 Å². The zero-order valence-corrected chi connectivity index (χ0v) is 18.8. The van der Waals surface area contributed by atoms with E-state index in [1.54, 1.807) is 18.2 Å². The van der Waals surface area contributed by atoms with Crippen molar-refractivity contribution in [3.8, 4) is 11.5 Å². The van der Waals surface area contributed by atoms with Crippen LogP contribution in [0.15, 0.2) is 60.7 Å². The molecular weight excluding hydrogens is 464 g/mol. The fraction of sp³-hybridized carbons (Fsp3) is 0.269. The molecule has 0 unspecified atom stereocenters. The first kappa shape index (κ1) is 25.2. The summed E-state index contributed by atoms with van der Waals surface area (Å²) >= 11 is 11.9. The van der Waals surface area contributed by atoms with Gasteiger partial charge in [0, 0.05) is 31.6 Å². The molecule has 0 radical (unpaired) electrons. The highest BCUT2D eigenvalue weighted by Gasteiger charge is 2.13. The van der Waals surface area contributed by atoms with Crippen molar-refractivity contribution in [3.05, 3.63) is 93.2 Å². The Morgan fingerprint density at radius 1 is 0.939 bits per heavy atom. The van der Waals surface area contributed by atoms with Gasteiger partial charge in [0.15, 0.2) is 17.3 Å². The third-order valence-corrected chi connectivity index (χ3v) is 6.00. The number of halogens is 3. The van der Waals surface area contributed by atoms with Gasteiger partial charge >= 0.3 is 0 Å². The maximum absolute atomic E-state index is 14.6. The minimum absolute atomic E-state index is 0. The number of carbonyl (C=O) groups excluding carboxylic acids is 1. The topological polar surface area (TPSA) is 38.8 Å². The summed E-state index contributed by atoms with van der Waals surface area (Å²) in [7, 11) is 0. The Hall–Kier alpha value is -2.44. The molecule has 0 aromatic heterocycles. The van der Waals surface area contributed by atoms with Crippen LogP contribution in [0.4, 0.5) is 4.39 Å². The van der Waals surface area contributed by atoms with Crippen molar-refractivity contribution in [2.75, 3.05) is 26.3 Å². The summed E-state index contributed by atoms with van der Waals surface area (Å²) in [6.45, 7) is 4.21. The fourth-order valence-corrected chi connectivity index (χ4v) is 3.80. The van der Waals surface area contributed by atoms with E-state index in [0.29, 0.717) is 26.9 Å². The Labute approximate surface area is 203 Å². The summed E-state index contributed by atoms with van der Waals surface area (Å²) in [6.07, 6.45) is 0.0470. The van der Waals surface area contributed by atoms with Crippen LogP contribution in [-0.2, 0) is 17.7 Å². The molecule has 0 atom stereocenters. The molecule has 33 heavy (non-hydrogen) atoms. The highest BCUT2D eigenvalue weighted by molar-refractivity contribution is 6.42. The average molecular weight is 490 g/mol. The van der Waals surface area contributed by atoms with Crippen LogP contribution in [0.5, 0.6) is 11.5 Å². The van der Waals surface area contributed by atoms with Crippen LogP contribution >= 0.6 is 23.2 Å². The van der Waals surface area contributed by atoms with Crippen LogP contribution in [0, 0.1) is 5.82 Å². The molecule has 3 aromatic rings. The van der Waals surface area contributed by atoms with Gasteiger partial charge in [-0.05, 0) is 53.6 Å². The summed E-state index contributed by atoms with van der Waals surface area (Å²) in [5.74, 6) is -0.0414. The highest BCUT2D eigenvalue weighted by atomic mass is 35.5. The number of hydrogen-bond donors (Lipinski definition) is 0. The third-order valence-electron chi connectivity index (χ3n) is 5.26. The quantitative estimate of drug-likeness (QED) is 0.341. The van der Waals surface area contributed by atoms with Gasteiger partial charge in [0.1, 0.15) is 5.75 Å². The lowest BCUT2D eigenvalue weighted by atomic mass is 10.0. The summed E-state index contributed by atoms with van der Waals surface area (Å²) in [5, 5.41) is 0.688. The molecule has 3 aromatic carbocycles. The average Bonchev–Trinajstić information content (AvgIpc) is 2.79. The molecule has 1 heterocycles. The lowest BCUT2D eigenvalue weighted by Gasteiger charge is -2.26. The first-order valence-corrected chi connectivity index (χ1v) is 11.1. The molecule has 0 spiro atoms. The van der Waals surface area contributed by atoms with Gasteiger partial charge in [-0.25, -0.2) is 4.39 Å². The Morgan fingerprint density at radius 3 is 2.30 bits per heavy atom. The van der Waals surface area contributed by atoms with E-state index >= 15 is 0 Å². The fourth-order valence-electron chi connectivity index (χ4n) is 3.50. The third kappa shape index (κ3) is 6.78.